The number of hydrogen-bond donors (Lipinski definition) is 0. The third kappa shape index (κ3) is 2.14. The van der Waals surface area contributed by atoms with Crippen LogP contribution in [0.1, 0.15) is 23.6 Å². The summed E-state index contributed by atoms with van der Waals surface area (Å²) < 4.78 is 20.6. The molecule has 1 atom stereocenters. The first-order chi connectivity index (χ1) is 11.1. The van der Waals surface area contributed by atoms with Crippen molar-refractivity contribution in [1.82, 2.24) is 0 Å². The maximum Gasteiger partial charge on any atom is 0.153 e. The molecule has 1 unspecified atom stereocenters. The Balaban J connectivity index is 1.94. The second-order valence-electron chi connectivity index (χ2n) is 6.18. The highest BCUT2D eigenvalue weighted by atomic mass is 19.1. The summed E-state index contributed by atoms with van der Waals surface area (Å²) in [4.78, 5) is 0. The number of fused-ring (bicyclic) bond motifs is 3. The van der Waals surface area contributed by atoms with Gasteiger partial charge in [0.05, 0.1) is 0 Å². The predicted octanol–water partition coefficient (Wildman–Crippen LogP) is 5.61. The Morgan fingerprint density at radius 3 is 2.57 bits per heavy atom. The van der Waals surface area contributed by atoms with Gasteiger partial charge in [-0.15, -0.1) is 0 Å². The number of benzene rings is 3. The third-order valence-electron chi connectivity index (χ3n) is 4.54. The zero-order chi connectivity index (χ0) is 16.0. The average molecular weight is 304 g/mol. The van der Waals surface area contributed by atoms with Crippen LogP contribution in [0.15, 0.2) is 60.7 Å². The molecule has 0 amide bonds. The number of rotatable bonds is 1. The van der Waals surface area contributed by atoms with Gasteiger partial charge in [0, 0.05) is 16.5 Å². The molecule has 0 bridgehead atoms. The van der Waals surface area contributed by atoms with Crippen LogP contribution in [0.3, 0.4) is 0 Å². The van der Waals surface area contributed by atoms with Crippen LogP contribution in [-0.4, -0.2) is 0 Å². The van der Waals surface area contributed by atoms with Crippen LogP contribution in [0.5, 0.6) is 5.75 Å². The van der Waals surface area contributed by atoms with E-state index in [1.54, 1.807) is 12.1 Å². The maximum atomic E-state index is 14.3. The molecule has 23 heavy (non-hydrogen) atoms. The van der Waals surface area contributed by atoms with Gasteiger partial charge in [-0.1, -0.05) is 54.6 Å². The summed E-state index contributed by atoms with van der Waals surface area (Å²) in [5.41, 5.74) is 1.96. The van der Waals surface area contributed by atoms with E-state index in [0.717, 1.165) is 27.6 Å². The predicted molar refractivity (Wildman–Crippen MR) is 92.1 cm³/mol. The van der Waals surface area contributed by atoms with Gasteiger partial charge in [-0.2, -0.15) is 0 Å². The van der Waals surface area contributed by atoms with Gasteiger partial charge >= 0.3 is 0 Å². The van der Waals surface area contributed by atoms with E-state index in [9.17, 15) is 4.39 Å². The molecular formula is C21H17FO. The van der Waals surface area contributed by atoms with Crippen molar-refractivity contribution < 1.29 is 9.13 Å². The molecule has 1 heterocycles. The first-order valence-corrected chi connectivity index (χ1v) is 7.74. The van der Waals surface area contributed by atoms with Crippen LogP contribution in [0, 0.1) is 12.7 Å². The van der Waals surface area contributed by atoms with Crippen molar-refractivity contribution in [3.63, 3.8) is 0 Å². The molecule has 2 heteroatoms. The van der Waals surface area contributed by atoms with E-state index in [-0.39, 0.29) is 5.82 Å². The van der Waals surface area contributed by atoms with E-state index in [1.165, 1.54) is 6.07 Å². The van der Waals surface area contributed by atoms with Crippen molar-refractivity contribution in [2.75, 3.05) is 0 Å². The number of hydrogen-bond acceptors (Lipinski definition) is 1. The minimum absolute atomic E-state index is 0.250. The lowest BCUT2D eigenvalue weighted by molar-refractivity contribution is 0.136. The molecule has 114 valence electrons. The normalized spacial score (nSPS) is 19.4. The molecule has 1 aliphatic rings. The summed E-state index contributed by atoms with van der Waals surface area (Å²) in [5.74, 6) is 0.578. The van der Waals surface area contributed by atoms with Crippen molar-refractivity contribution >= 4 is 16.8 Å². The summed E-state index contributed by atoms with van der Waals surface area (Å²) in [6.45, 7) is 3.98. The molecule has 0 N–H and O–H groups in total. The first kappa shape index (κ1) is 14.0. The van der Waals surface area contributed by atoms with Gasteiger partial charge in [0.15, 0.2) is 5.60 Å². The van der Waals surface area contributed by atoms with Gasteiger partial charge in [0.1, 0.15) is 11.6 Å². The van der Waals surface area contributed by atoms with Gasteiger partial charge in [-0.25, -0.2) is 4.39 Å². The number of aryl methyl sites for hydroxylation is 1. The second kappa shape index (κ2) is 4.95. The van der Waals surface area contributed by atoms with Crippen molar-refractivity contribution in [2.24, 2.45) is 0 Å². The van der Waals surface area contributed by atoms with Crippen LogP contribution in [-0.2, 0) is 5.60 Å². The van der Waals surface area contributed by atoms with Crippen molar-refractivity contribution in [1.29, 1.82) is 0 Å². The lowest BCUT2D eigenvalue weighted by Crippen LogP contribution is -2.30. The van der Waals surface area contributed by atoms with Crippen LogP contribution in [0.25, 0.3) is 16.8 Å². The number of halogens is 1. The molecule has 0 aromatic heterocycles. The fourth-order valence-electron chi connectivity index (χ4n) is 3.28. The zero-order valence-corrected chi connectivity index (χ0v) is 13.1. The highest BCUT2D eigenvalue weighted by molar-refractivity contribution is 5.93. The van der Waals surface area contributed by atoms with Gasteiger partial charge in [0.25, 0.3) is 0 Å². The largest absolute Gasteiger partial charge is 0.477 e. The van der Waals surface area contributed by atoms with E-state index in [4.69, 9.17) is 4.74 Å². The smallest absolute Gasteiger partial charge is 0.153 e. The quantitative estimate of drug-likeness (QED) is 0.568. The molecule has 0 aliphatic carbocycles. The molecule has 0 saturated carbocycles. The summed E-state index contributed by atoms with van der Waals surface area (Å²) in [5, 5.41) is 2.19. The molecule has 0 fully saturated rings. The Morgan fingerprint density at radius 1 is 1.00 bits per heavy atom. The average Bonchev–Trinajstić information content (AvgIpc) is 2.55. The monoisotopic (exact) mass is 304 g/mol. The summed E-state index contributed by atoms with van der Waals surface area (Å²) in [7, 11) is 0. The minimum Gasteiger partial charge on any atom is -0.477 e. The molecule has 1 aliphatic heterocycles. The highest BCUT2D eigenvalue weighted by Gasteiger charge is 2.33. The summed E-state index contributed by atoms with van der Waals surface area (Å²) >= 11 is 0. The van der Waals surface area contributed by atoms with E-state index in [0.29, 0.717) is 5.56 Å². The van der Waals surface area contributed by atoms with E-state index >= 15 is 0 Å². The zero-order valence-electron chi connectivity index (χ0n) is 13.1. The standard InChI is InChI=1S/C21H17FO/c1-14-13-15-7-3-4-8-17(15)20-16(14)11-12-21(2,23-20)18-9-5-6-10-19(18)22/h3-13H,1-2H3. The van der Waals surface area contributed by atoms with E-state index in [1.807, 2.05) is 37.3 Å². The minimum atomic E-state index is -0.811. The molecule has 0 spiro atoms. The van der Waals surface area contributed by atoms with Crippen LogP contribution in [0.2, 0.25) is 0 Å². The van der Waals surface area contributed by atoms with Crippen molar-refractivity contribution in [2.45, 2.75) is 19.4 Å². The Bertz CT molecular complexity index is 942. The second-order valence-corrected chi connectivity index (χ2v) is 6.18. The SMILES string of the molecule is Cc1cc2ccccc2c2c1C=CC(C)(c1ccccc1F)O2. The Morgan fingerprint density at radius 2 is 1.74 bits per heavy atom. The summed E-state index contributed by atoms with van der Waals surface area (Å²) in [6, 6.07) is 17.1. The van der Waals surface area contributed by atoms with Crippen molar-refractivity contribution in [3.05, 3.63) is 83.2 Å². The fraction of sp³-hybridized carbons (Fsp3) is 0.143. The third-order valence-corrected chi connectivity index (χ3v) is 4.54. The molecule has 0 saturated heterocycles. The Hall–Kier alpha value is -2.61. The van der Waals surface area contributed by atoms with Gasteiger partial charge in [0.2, 0.25) is 0 Å². The molecule has 4 rings (SSSR count). The Kier molecular flexibility index (Phi) is 3.02. The summed E-state index contributed by atoms with van der Waals surface area (Å²) in [6.07, 6.45) is 3.99. The lowest BCUT2D eigenvalue weighted by atomic mass is 9.89. The van der Waals surface area contributed by atoms with E-state index < -0.39 is 5.60 Å². The van der Waals surface area contributed by atoms with Crippen LogP contribution < -0.4 is 4.74 Å². The molecular weight excluding hydrogens is 287 g/mol. The maximum absolute atomic E-state index is 14.3. The fourth-order valence-corrected chi connectivity index (χ4v) is 3.28. The molecule has 1 nitrogen and oxygen atoms in total. The van der Waals surface area contributed by atoms with Crippen LogP contribution in [0.4, 0.5) is 4.39 Å². The number of ether oxygens (including phenoxy) is 1. The Labute approximate surface area is 135 Å². The molecule has 3 aromatic rings. The highest BCUT2D eigenvalue weighted by Crippen LogP contribution is 2.43. The van der Waals surface area contributed by atoms with Gasteiger partial charge in [-0.05, 0) is 36.9 Å². The van der Waals surface area contributed by atoms with Crippen LogP contribution >= 0.6 is 0 Å². The van der Waals surface area contributed by atoms with Gasteiger partial charge in [-0.3, -0.25) is 0 Å². The van der Waals surface area contributed by atoms with Gasteiger partial charge < -0.3 is 4.74 Å². The topological polar surface area (TPSA) is 9.23 Å². The lowest BCUT2D eigenvalue weighted by Gasteiger charge is -2.33. The molecule has 3 aromatic carbocycles. The first-order valence-electron chi connectivity index (χ1n) is 7.74. The van der Waals surface area contributed by atoms with E-state index in [2.05, 4.69) is 25.1 Å². The molecule has 0 radical (unpaired) electrons. The van der Waals surface area contributed by atoms with Crippen molar-refractivity contribution in [3.8, 4) is 5.75 Å².